The fourth-order valence-corrected chi connectivity index (χ4v) is 3.48. The average Bonchev–Trinajstić information content (AvgIpc) is 3.21. The molecule has 0 spiro atoms. The lowest BCUT2D eigenvalue weighted by molar-refractivity contribution is 0.0967. The Morgan fingerprint density at radius 2 is 2.14 bits per heavy atom. The van der Waals surface area contributed by atoms with Gasteiger partial charge in [0.15, 0.2) is 21.2 Å². The number of carbonyl (C=O) groups excluding carboxylic acids is 2. The van der Waals surface area contributed by atoms with Crippen LogP contribution in [0.15, 0.2) is 27.8 Å². The van der Waals surface area contributed by atoms with Crippen LogP contribution in [0.25, 0.3) is 10.5 Å². The quantitative estimate of drug-likeness (QED) is 0.576. The molecule has 0 radical (unpaired) electrons. The molecule has 146 valence electrons. The number of hydrogen-bond donors (Lipinski definition) is 2. The third-order valence-corrected chi connectivity index (χ3v) is 4.73. The number of hydrogen-bond acceptors (Lipinski definition) is 8. The number of carbonyl (C=O) groups is 2. The Kier molecular flexibility index (Phi) is 5.76. The molecule has 3 rings (SSSR count). The predicted octanol–water partition coefficient (Wildman–Crippen LogP) is 0.707. The number of rotatable bonds is 6. The van der Waals surface area contributed by atoms with Crippen LogP contribution in [-0.4, -0.2) is 37.9 Å². The molecule has 0 aliphatic heterocycles. The molecular weight excluding hydrogens is 382 g/mol. The molecule has 0 aliphatic carbocycles. The molecule has 0 aliphatic rings. The van der Waals surface area contributed by atoms with Crippen molar-refractivity contribution >= 4 is 33.6 Å². The van der Waals surface area contributed by atoms with Gasteiger partial charge in [-0.05, 0) is 6.42 Å². The van der Waals surface area contributed by atoms with E-state index in [0.29, 0.717) is 46.4 Å². The van der Waals surface area contributed by atoms with Crippen molar-refractivity contribution in [1.82, 2.24) is 19.5 Å². The maximum atomic E-state index is 12.7. The summed E-state index contributed by atoms with van der Waals surface area (Å²) in [5.74, 6) is -0.715. The Morgan fingerprint density at radius 3 is 2.82 bits per heavy atom. The number of amides is 2. The number of nitrogens with two attached hydrogens (primary N) is 2. The smallest absolute Gasteiger partial charge is 0.317 e. The first kappa shape index (κ1) is 19.6. The van der Waals surface area contributed by atoms with E-state index in [9.17, 15) is 9.59 Å². The lowest BCUT2D eigenvalue weighted by atomic mass is 10.3. The van der Waals surface area contributed by atoms with Crippen LogP contribution in [0.4, 0.5) is 0 Å². The summed E-state index contributed by atoms with van der Waals surface area (Å²) < 4.78 is 7.13. The first-order valence-corrected chi connectivity index (χ1v) is 9.32. The lowest BCUT2D eigenvalue weighted by Gasteiger charge is -2.00. The molecule has 4 N–H and O–H groups in total. The van der Waals surface area contributed by atoms with Gasteiger partial charge in [-0.2, -0.15) is 4.99 Å². The topological polar surface area (TPSA) is 155 Å². The molecular formula is C17H19N7O3S. The number of nitrogens with zero attached hydrogens (tertiary/aromatic N) is 5. The van der Waals surface area contributed by atoms with Crippen molar-refractivity contribution in [3.63, 3.8) is 0 Å². The molecule has 28 heavy (non-hydrogen) atoms. The Morgan fingerprint density at radius 1 is 1.36 bits per heavy atom. The van der Waals surface area contributed by atoms with Crippen molar-refractivity contribution in [3.05, 3.63) is 46.2 Å². The van der Waals surface area contributed by atoms with E-state index >= 15 is 0 Å². The third-order valence-electron chi connectivity index (χ3n) is 3.77. The molecule has 3 aromatic heterocycles. The Bertz CT molecular complexity index is 1140. The average molecular weight is 401 g/mol. The normalized spacial score (nSPS) is 12.3. The number of primary amides is 1. The second-order valence-electron chi connectivity index (χ2n) is 5.73. The minimum absolute atomic E-state index is 0.0374. The Hall–Kier alpha value is -3.18. The van der Waals surface area contributed by atoms with Gasteiger partial charge in [-0.15, -0.1) is 0 Å². The molecule has 0 aromatic carbocycles. The molecule has 3 aromatic rings. The fraction of sp³-hybridized carbons (Fsp3) is 0.294. The molecule has 2 amide bonds. The van der Waals surface area contributed by atoms with Crippen LogP contribution >= 0.6 is 11.3 Å². The van der Waals surface area contributed by atoms with Crippen molar-refractivity contribution in [3.8, 4) is 0 Å². The maximum absolute atomic E-state index is 12.7. The molecule has 0 bridgehead atoms. The van der Waals surface area contributed by atoms with Crippen molar-refractivity contribution in [1.29, 1.82) is 0 Å². The van der Waals surface area contributed by atoms with E-state index in [1.807, 2.05) is 13.0 Å². The van der Waals surface area contributed by atoms with E-state index in [4.69, 9.17) is 15.9 Å². The Balaban J connectivity index is 2.15. The number of aromatic nitrogens is 4. The minimum atomic E-state index is -0.684. The molecule has 10 nitrogen and oxygen atoms in total. The van der Waals surface area contributed by atoms with Gasteiger partial charge in [-0.25, -0.2) is 15.0 Å². The Labute approximate surface area is 163 Å². The summed E-state index contributed by atoms with van der Waals surface area (Å²) in [5, 5.41) is 0. The molecule has 0 fully saturated rings. The van der Waals surface area contributed by atoms with Crippen LogP contribution in [0, 0.1) is 6.92 Å². The van der Waals surface area contributed by atoms with E-state index in [2.05, 4.69) is 19.9 Å². The zero-order valence-corrected chi connectivity index (χ0v) is 16.2. The van der Waals surface area contributed by atoms with Gasteiger partial charge in [0.2, 0.25) is 5.76 Å². The van der Waals surface area contributed by atoms with Crippen molar-refractivity contribution in [2.45, 2.75) is 26.8 Å². The van der Waals surface area contributed by atoms with E-state index in [-0.39, 0.29) is 11.5 Å². The highest BCUT2D eigenvalue weighted by atomic mass is 32.1. The monoisotopic (exact) mass is 401 g/mol. The van der Waals surface area contributed by atoms with Gasteiger partial charge in [0.05, 0.1) is 11.9 Å². The van der Waals surface area contributed by atoms with Crippen molar-refractivity contribution in [2.24, 2.45) is 16.5 Å². The van der Waals surface area contributed by atoms with E-state index in [1.54, 1.807) is 17.6 Å². The standard InChI is InChI=1S/C17H19N7O3S/c1-3-10-12(27-9(2)21-10)15(26)23-17-24(7-5-4-6-18)14-16(28-17)22-11(8-20-14)13(19)25/h4-5,8H,3,6-7,18H2,1-2H3,(H2,19,25)/b5-4+,23-17-. The maximum Gasteiger partial charge on any atom is 0.317 e. The summed E-state index contributed by atoms with van der Waals surface area (Å²) in [6, 6.07) is 0. The largest absolute Gasteiger partial charge is 0.435 e. The van der Waals surface area contributed by atoms with Crippen LogP contribution in [0.2, 0.25) is 0 Å². The summed E-state index contributed by atoms with van der Waals surface area (Å²) in [6.45, 7) is 4.31. The number of allylic oxidation sites excluding steroid dienone is 1. The van der Waals surface area contributed by atoms with Crippen LogP contribution in [-0.2, 0) is 13.0 Å². The number of thiazole rings is 1. The SMILES string of the molecule is CCc1nc(C)oc1C(=O)/N=c1\sc2nc(C(N)=O)cnc2n1C/C=C/CN. The highest BCUT2D eigenvalue weighted by molar-refractivity contribution is 7.15. The number of aryl methyl sites for hydroxylation is 2. The first-order valence-electron chi connectivity index (χ1n) is 8.51. The number of fused-ring (bicyclic) bond motifs is 1. The molecule has 0 saturated carbocycles. The zero-order chi connectivity index (χ0) is 20.3. The van der Waals surface area contributed by atoms with Crippen LogP contribution < -0.4 is 16.3 Å². The van der Waals surface area contributed by atoms with Crippen molar-refractivity contribution in [2.75, 3.05) is 6.54 Å². The summed E-state index contributed by atoms with van der Waals surface area (Å²) >= 11 is 1.12. The predicted molar refractivity (Wildman–Crippen MR) is 103 cm³/mol. The highest BCUT2D eigenvalue weighted by Gasteiger charge is 2.18. The summed E-state index contributed by atoms with van der Waals surface area (Å²) in [7, 11) is 0. The molecule has 0 saturated heterocycles. The lowest BCUT2D eigenvalue weighted by Crippen LogP contribution is -2.17. The van der Waals surface area contributed by atoms with Crippen LogP contribution in [0.5, 0.6) is 0 Å². The fourth-order valence-electron chi connectivity index (χ4n) is 2.51. The second-order valence-corrected chi connectivity index (χ2v) is 6.69. The highest BCUT2D eigenvalue weighted by Crippen LogP contribution is 2.15. The van der Waals surface area contributed by atoms with E-state index < -0.39 is 11.8 Å². The summed E-state index contributed by atoms with van der Waals surface area (Å²) in [5.41, 5.74) is 11.8. The van der Waals surface area contributed by atoms with E-state index in [1.165, 1.54) is 6.20 Å². The third kappa shape index (κ3) is 3.89. The van der Waals surface area contributed by atoms with Gasteiger partial charge < -0.3 is 15.9 Å². The molecule has 11 heteroatoms. The van der Waals surface area contributed by atoms with Gasteiger partial charge in [-0.3, -0.25) is 14.2 Å². The second kappa shape index (κ2) is 8.23. The molecule has 3 heterocycles. The summed E-state index contributed by atoms with van der Waals surface area (Å²) in [4.78, 5) is 41.7. The van der Waals surface area contributed by atoms with Gasteiger partial charge in [0, 0.05) is 20.0 Å². The van der Waals surface area contributed by atoms with Gasteiger partial charge in [-0.1, -0.05) is 30.4 Å². The van der Waals surface area contributed by atoms with E-state index in [0.717, 1.165) is 11.3 Å². The minimum Gasteiger partial charge on any atom is -0.435 e. The van der Waals surface area contributed by atoms with Gasteiger partial charge in [0.1, 0.15) is 5.69 Å². The van der Waals surface area contributed by atoms with Gasteiger partial charge in [0.25, 0.3) is 5.91 Å². The van der Waals surface area contributed by atoms with Gasteiger partial charge >= 0.3 is 5.91 Å². The molecule has 0 unspecified atom stereocenters. The first-order chi connectivity index (χ1) is 13.4. The zero-order valence-electron chi connectivity index (χ0n) is 15.4. The van der Waals surface area contributed by atoms with Crippen molar-refractivity contribution < 1.29 is 14.0 Å². The summed E-state index contributed by atoms with van der Waals surface area (Å²) in [6.07, 6.45) is 5.45. The van der Waals surface area contributed by atoms with Crippen LogP contribution in [0.3, 0.4) is 0 Å². The number of oxazole rings is 1. The molecule has 0 atom stereocenters. The van der Waals surface area contributed by atoms with Crippen LogP contribution in [0.1, 0.15) is 39.6 Å².